The van der Waals surface area contributed by atoms with Crippen molar-refractivity contribution in [2.45, 2.75) is 25.3 Å². The molecule has 0 bridgehead atoms. The average molecular weight is 384 g/mol. The second-order valence-corrected chi connectivity index (χ2v) is 7.02. The Hall–Kier alpha value is -2.79. The van der Waals surface area contributed by atoms with Gasteiger partial charge in [-0.2, -0.15) is 0 Å². The highest BCUT2D eigenvalue weighted by Gasteiger charge is 2.22. The van der Waals surface area contributed by atoms with Crippen LogP contribution in [0.5, 0.6) is 0 Å². The number of hydrogen-bond acceptors (Lipinski definition) is 4. The topological polar surface area (TPSA) is 68.5 Å². The highest BCUT2D eigenvalue weighted by molar-refractivity contribution is 6.31. The molecule has 0 fully saturated rings. The van der Waals surface area contributed by atoms with Crippen LogP contribution in [0.1, 0.15) is 40.6 Å². The molecule has 0 radical (unpaired) electrons. The molecule has 4 rings (SSSR count). The first-order chi connectivity index (χ1) is 13.1. The molecule has 1 aliphatic rings. The smallest absolute Gasteiger partial charge is 0.374 e. The summed E-state index contributed by atoms with van der Waals surface area (Å²) in [6.45, 7) is -0.352. The number of hydrogen-bond donors (Lipinski definition) is 1. The predicted molar refractivity (Wildman–Crippen MR) is 102 cm³/mol. The van der Waals surface area contributed by atoms with Crippen LogP contribution in [0, 0.1) is 0 Å². The first kappa shape index (κ1) is 17.6. The Bertz CT molecular complexity index is 1010. The summed E-state index contributed by atoms with van der Waals surface area (Å²) in [5, 5.41) is 4.21. The van der Waals surface area contributed by atoms with Crippen molar-refractivity contribution in [3.8, 4) is 0 Å². The molecule has 1 N–H and O–H groups in total. The lowest BCUT2D eigenvalue weighted by molar-refractivity contribution is -0.125. The van der Waals surface area contributed by atoms with Gasteiger partial charge in [0.2, 0.25) is 5.76 Å². The molecule has 1 aliphatic carbocycles. The Morgan fingerprint density at radius 1 is 1.19 bits per heavy atom. The Balaban J connectivity index is 1.37. The summed E-state index contributed by atoms with van der Waals surface area (Å²) in [5.41, 5.74) is 2.93. The van der Waals surface area contributed by atoms with Gasteiger partial charge in [-0.15, -0.1) is 0 Å². The number of fused-ring (bicyclic) bond motifs is 2. The molecule has 1 heterocycles. The van der Waals surface area contributed by atoms with Crippen LogP contribution in [0.15, 0.2) is 52.9 Å². The molecule has 5 nitrogen and oxygen atoms in total. The summed E-state index contributed by atoms with van der Waals surface area (Å²) in [7, 11) is 0. The number of carbonyl (C=O) groups is 2. The molecule has 1 aromatic heterocycles. The molecular weight excluding hydrogens is 366 g/mol. The lowest BCUT2D eigenvalue weighted by atomic mass is 9.88. The monoisotopic (exact) mass is 383 g/mol. The number of rotatable bonds is 4. The van der Waals surface area contributed by atoms with Gasteiger partial charge in [-0.1, -0.05) is 35.9 Å². The first-order valence-electron chi connectivity index (χ1n) is 8.83. The lowest BCUT2D eigenvalue weighted by Gasteiger charge is -2.26. The van der Waals surface area contributed by atoms with Crippen LogP contribution in [-0.4, -0.2) is 18.5 Å². The highest BCUT2D eigenvalue weighted by atomic mass is 35.5. The zero-order chi connectivity index (χ0) is 18.8. The SMILES string of the molecule is O=C(COC(=O)c1cc2cc(Cl)ccc2o1)N[C@H]1CCCc2ccccc21. The quantitative estimate of drug-likeness (QED) is 0.676. The molecule has 27 heavy (non-hydrogen) atoms. The maximum Gasteiger partial charge on any atom is 0.374 e. The molecule has 138 valence electrons. The van der Waals surface area contributed by atoms with Crippen molar-refractivity contribution in [2.24, 2.45) is 0 Å². The van der Waals surface area contributed by atoms with E-state index in [-0.39, 0.29) is 24.3 Å². The maximum absolute atomic E-state index is 12.2. The number of nitrogens with one attached hydrogen (secondary N) is 1. The Kier molecular flexibility index (Phi) is 4.86. The van der Waals surface area contributed by atoms with Gasteiger partial charge in [-0.25, -0.2) is 4.79 Å². The molecule has 1 amide bonds. The molecule has 0 aliphatic heterocycles. The fraction of sp³-hybridized carbons (Fsp3) is 0.238. The summed E-state index contributed by atoms with van der Waals surface area (Å²) >= 11 is 5.93. The van der Waals surface area contributed by atoms with Crippen LogP contribution >= 0.6 is 11.6 Å². The standard InChI is InChI=1S/C21H18ClNO4/c22-15-8-9-18-14(10-15)11-19(27-18)21(25)26-12-20(24)23-17-7-3-5-13-4-1-2-6-16(13)17/h1-2,4,6,8-11,17H,3,5,7,12H2,(H,23,24)/t17-/m0/s1. The van der Waals surface area contributed by atoms with Crippen molar-refractivity contribution in [3.05, 3.63) is 70.4 Å². The van der Waals surface area contributed by atoms with Crippen LogP contribution in [-0.2, 0) is 16.0 Å². The van der Waals surface area contributed by atoms with E-state index in [1.165, 1.54) is 5.56 Å². The number of benzene rings is 2. The van der Waals surface area contributed by atoms with Gasteiger partial charge in [0.15, 0.2) is 6.61 Å². The van der Waals surface area contributed by atoms with E-state index < -0.39 is 5.97 Å². The van der Waals surface area contributed by atoms with E-state index in [0.29, 0.717) is 16.0 Å². The lowest BCUT2D eigenvalue weighted by Crippen LogP contribution is -2.34. The Morgan fingerprint density at radius 3 is 2.93 bits per heavy atom. The van der Waals surface area contributed by atoms with Crippen LogP contribution in [0.3, 0.4) is 0 Å². The van der Waals surface area contributed by atoms with Gasteiger partial charge in [-0.05, 0) is 54.7 Å². The molecule has 2 aromatic carbocycles. The second kappa shape index (κ2) is 7.45. The number of ether oxygens (including phenoxy) is 1. The minimum atomic E-state index is -0.679. The Labute approximate surface area is 161 Å². The van der Waals surface area contributed by atoms with E-state index in [4.69, 9.17) is 20.8 Å². The van der Waals surface area contributed by atoms with E-state index >= 15 is 0 Å². The third-order valence-corrected chi connectivity index (χ3v) is 4.95. The molecule has 0 saturated heterocycles. The number of halogens is 1. The van der Waals surface area contributed by atoms with Crippen LogP contribution < -0.4 is 5.32 Å². The van der Waals surface area contributed by atoms with Gasteiger partial charge < -0.3 is 14.5 Å². The van der Waals surface area contributed by atoms with Gasteiger partial charge in [-0.3, -0.25) is 4.79 Å². The summed E-state index contributed by atoms with van der Waals surface area (Å²) in [5.74, 6) is -0.964. The van der Waals surface area contributed by atoms with E-state index in [1.54, 1.807) is 24.3 Å². The fourth-order valence-electron chi connectivity index (χ4n) is 3.46. The second-order valence-electron chi connectivity index (χ2n) is 6.58. The summed E-state index contributed by atoms with van der Waals surface area (Å²) in [4.78, 5) is 24.4. The van der Waals surface area contributed by atoms with E-state index in [1.807, 2.05) is 18.2 Å². The zero-order valence-electron chi connectivity index (χ0n) is 14.5. The molecule has 0 spiro atoms. The summed E-state index contributed by atoms with van der Waals surface area (Å²) in [6.07, 6.45) is 2.91. The van der Waals surface area contributed by atoms with Crippen LogP contribution in [0.2, 0.25) is 5.02 Å². The highest BCUT2D eigenvalue weighted by Crippen LogP contribution is 2.29. The van der Waals surface area contributed by atoms with Crippen molar-refractivity contribution in [1.82, 2.24) is 5.32 Å². The van der Waals surface area contributed by atoms with Crippen molar-refractivity contribution in [1.29, 1.82) is 0 Å². The minimum absolute atomic E-state index is 0.0445. The normalized spacial score (nSPS) is 16.0. The van der Waals surface area contributed by atoms with Gasteiger partial charge in [0, 0.05) is 10.4 Å². The van der Waals surface area contributed by atoms with Gasteiger partial charge in [0.1, 0.15) is 5.58 Å². The molecule has 1 atom stereocenters. The van der Waals surface area contributed by atoms with Gasteiger partial charge >= 0.3 is 5.97 Å². The summed E-state index contributed by atoms with van der Waals surface area (Å²) in [6, 6.07) is 14.7. The van der Waals surface area contributed by atoms with E-state index in [9.17, 15) is 9.59 Å². The molecule has 3 aromatic rings. The Morgan fingerprint density at radius 2 is 2.04 bits per heavy atom. The van der Waals surface area contributed by atoms with E-state index in [0.717, 1.165) is 24.8 Å². The minimum Gasteiger partial charge on any atom is -0.450 e. The predicted octanol–water partition coefficient (Wildman–Crippen LogP) is 4.44. The first-order valence-corrected chi connectivity index (χ1v) is 9.21. The average Bonchev–Trinajstić information content (AvgIpc) is 3.09. The van der Waals surface area contributed by atoms with Crippen molar-refractivity contribution in [3.63, 3.8) is 0 Å². The number of amides is 1. The fourth-order valence-corrected chi connectivity index (χ4v) is 3.64. The van der Waals surface area contributed by atoms with Crippen molar-refractivity contribution >= 4 is 34.4 Å². The van der Waals surface area contributed by atoms with Gasteiger partial charge in [0.05, 0.1) is 6.04 Å². The molecule has 0 saturated carbocycles. The number of esters is 1. The molecular formula is C21H18ClNO4. The van der Waals surface area contributed by atoms with E-state index in [2.05, 4.69) is 11.4 Å². The van der Waals surface area contributed by atoms with Crippen molar-refractivity contribution < 1.29 is 18.7 Å². The number of furan rings is 1. The molecule has 6 heteroatoms. The van der Waals surface area contributed by atoms with Crippen molar-refractivity contribution in [2.75, 3.05) is 6.61 Å². The molecule has 0 unspecified atom stereocenters. The third-order valence-electron chi connectivity index (χ3n) is 4.72. The number of aryl methyl sites for hydroxylation is 1. The zero-order valence-corrected chi connectivity index (χ0v) is 15.3. The summed E-state index contributed by atoms with van der Waals surface area (Å²) < 4.78 is 10.6. The maximum atomic E-state index is 12.2. The number of carbonyl (C=O) groups excluding carboxylic acids is 2. The van der Waals surface area contributed by atoms with Crippen LogP contribution in [0.25, 0.3) is 11.0 Å². The third kappa shape index (κ3) is 3.83. The van der Waals surface area contributed by atoms with Crippen LogP contribution in [0.4, 0.5) is 0 Å². The largest absolute Gasteiger partial charge is 0.450 e. The van der Waals surface area contributed by atoms with Gasteiger partial charge in [0.25, 0.3) is 5.91 Å².